The minimum absolute atomic E-state index is 0.0845. The second-order valence-corrected chi connectivity index (χ2v) is 6.11. The highest BCUT2D eigenvalue weighted by atomic mass is 79.9. The lowest BCUT2D eigenvalue weighted by Crippen LogP contribution is -2.31. The lowest BCUT2D eigenvalue weighted by atomic mass is 10.1. The minimum Gasteiger partial charge on any atom is -0.379 e. The van der Waals surface area contributed by atoms with E-state index in [0.717, 1.165) is 19.4 Å². The Labute approximate surface area is 135 Å². The number of aromatic nitrogens is 1. The van der Waals surface area contributed by atoms with E-state index in [1.165, 1.54) is 12.3 Å². The van der Waals surface area contributed by atoms with E-state index in [0.29, 0.717) is 27.7 Å². The lowest BCUT2D eigenvalue weighted by molar-refractivity contribution is 0.0875. The zero-order valence-corrected chi connectivity index (χ0v) is 13.3. The van der Waals surface area contributed by atoms with Gasteiger partial charge < -0.3 is 15.8 Å². The number of anilines is 1. The van der Waals surface area contributed by atoms with Crippen LogP contribution < -0.4 is 11.1 Å². The molecule has 0 bridgehead atoms. The standard InChI is InChI=1S/C15H15BrFN3O2/c16-11-4-9-13(5-12(11)17)19-6-10(15(18)21)14(9)20-8-2-1-3-22-7-8/h4-6,8H,1-3,7H2,(H2,18,21)(H,19,20)/t8-/m1/s1. The number of nitrogens with two attached hydrogens (primary N) is 1. The molecule has 3 rings (SSSR count). The summed E-state index contributed by atoms with van der Waals surface area (Å²) < 4.78 is 19.4. The first-order valence-electron chi connectivity index (χ1n) is 6.98. The van der Waals surface area contributed by atoms with Gasteiger partial charge in [0.15, 0.2) is 0 Å². The Balaban J connectivity index is 2.11. The Hall–Kier alpha value is -1.73. The summed E-state index contributed by atoms with van der Waals surface area (Å²) in [5.74, 6) is -0.979. The van der Waals surface area contributed by atoms with E-state index < -0.39 is 11.7 Å². The molecule has 1 aliphatic heterocycles. The van der Waals surface area contributed by atoms with E-state index in [1.54, 1.807) is 6.07 Å². The Bertz CT molecular complexity index is 732. The van der Waals surface area contributed by atoms with Crippen molar-refractivity contribution in [2.75, 3.05) is 18.5 Å². The van der Waals surface area contributed by atoms with Crippen LogP contribution in [-0.2, 0) is 4.74 Å². The van der Waals surface area contributed by atoms with E-state index in [4.69, 9.17) is 10.5 Å². The van der Waals surface area contributed by atoms with Crippen LogP contribution in [-0.4, -0.2) is 30.1 Å². The van der Waals surface area contributed by atoms with Crippen molar-refractivity contribution in [3.05, 3.63) is 34.2 Å². The number of hydrogen-bond acceptors (Lipinski definition) is 4. The van der Waals surface area contributed by atoms with Crippen LogP contribution in [0.3, 0.4) is 0 Å². The Morgan fingerprint density at radius 1 is 1.50 bits per heavy atom. The Morgan fingerprint density at radius 3 is 3.00 bits per heavy atom. The summed E-state index contributed by atoms with van der Waals surface area (Å²) in [6.07, 6.45) is 3.26. The molecule has 0 spiro atoms. The topological polar surface area (TPSA) is 77.2 Å². The van der Waals surface area contributed by atoms with Crippen molar-refractivity contribution in [1.82, 2.24) is 4.98 Å². The van der Waals surface area contributed by atoms with Gasteiger partial charge in [-0.3, -0.25) is 9.78 Å². The highest BCUT2D eigenvalue weighted by Gasteiger charge is 2.20. The molecule has 3 N–H and O–H groups in total. The summed E-state index contributed by atoms with van der Waals surface area (Å²) in [6, 6.07) is 3.02. The van der Waals surface area contributed by atoms with E-state index in [-0.39, 0.29) is 11.6 Å². The SMILES string of the molecule is NC(=O)c1cnc2cc(F)c(Br)cc2c1N[C@@H]1CCCOC1. The van der Waals surface area contributed by atoms with E-state index in [2.05, 4.69) is 26.2 Å². The fourth-order valence-electron chi connectivity index (χ4n) is 2.59. The van der Waals surface area contributed by atoms with Crippen LogP contribution in [0, 0.1) is 5.82 Å². The van der Waals surface area contributed by atoms with Crippen molar-refractivity contribution in [3.8, 4) is 0 Å². The van der Waals surface area contributed by atoms with Crippen LogP contribution in [0.1, 0.15) is 23.2 Å². The molecular formula is C15H15BrFN3O2. The van der Waals surface area contributed by atoms with Crippen molar-refractivity contribution in [3.63, 3.8) is 0 Å². The number of amides is 1. The molecule has 5 nitrogen and oxygen atoms in total. The second-order valence-electron chi connectivity index (χ2n) is 5.25. The average Bonchev–Trinajstić information content (AvgIpc) is 2.50. The minimum atomic E-state index is -0.575. The number of carbonyl (C=O) groups excluding carboxylic acids is 1. The highest BCUT2D eigenvalue weighted by Crippen LogP contribution is 2.31. The van der Waals surface area contributed by atoms with E-state index >= 15 is 0 Å². The summed E-state index contributed by atoms with van der Waals surface area (Å²) in [5, 5.41) is 3.96. The van der Waals surface area contributed by atoms with Crippen LogP contribution in [0.4, 0.5) is 10.1 Å². The van der Waals surface area contributed by atoms with Gasteiger partial charge in [0.05, 0.1) is 27.8 Å². The van der Waals surface area contributed by atoms with Gasteiger partial charge in [-0.2, -0.15) is 0 Å². The van der Waals surface area contributed by atoms with Crippen LogP contribution >= 0.6 is 15.9 Å². The predicted molar refractivity (Wildman–Crippen MR) is 85.4 cm³/mol. The van der Waals surface area contributed by atoms with Gasteiger partial charge in [-0.15, -0.1) is 0 Å². The number of pyridine rings is 1. The van der Waals surface area contributed by atoms with E-state index in [9.17, 15) is 9.18 Å². The molecule has 116 valence electrons. The Kier molecular flexibility index (Phi) is 4.26. The third kappa shape index (κ3) is 2.91. The maximum atomic E-state index is 13.7. The van der Waals surface area contributed by atoms with Crippen molar-refractivity contribution < 1.29 is 13.9 Å². The number of nitrogens with one attached hydrogen (secondary N) is 1. The molecule has 2 aromatic rings. The molecule has 0 unspecified atom stereocenters. The van der Waals surface area contributed by atoms with Gasteiger partial charge in [-0.05, 0) is 34.8 Å². The lowest BCUT2D eigenvalue weighted by Gasteiger charge is -2.25. The molecule has 1 saturated heterocycles. The first-order valence-corrected chi connectivity index (χ1v) is 7.77. The summed E-state index contributed by atoms with van der Waals surface area (Å²) in [4.78, 5) is 15.8. The first-order chi connectivity index (χ1) is 10.6. The van der Waals surface area contributed by atoms with E-state index in [1.807, 2.05) is 0 Å². The van der Waals surface area contributed by atoms with Crippen LogP contribution in [0.5, 0.6) is 0 Å². The van der Waals surface area contributed by atoms with Crippen LogP contribution in [0.25, 0.3) is 10.9 Å². The fourth-order valence-corrected chi connectivity index (χ4v) is 2.93. The molecule has 0 saturated carbocycles. The number of ether oxygens (including phenoxy) is 1. The summed E-state index contributed by atoms with van der Waals surface area (Å²) >= 11 is 3.17. The fraction of sp³-hybridized carbons (Fsp3) is 0.333. The summed E-state index contributed by atoms with van der Waals surface area (Å²) in [5.41, 5.74) is 6.77. The number of rotatable bonds is 3. The predicted octanol–water partition coefficient (Wildman–Crippen LogP) is 2.83. The molecule has 0 aliphatic carbocycles. The summed E-state index contributed by atoms with van der Waals surface area (Å²) in [6.45, 7) is 1.30. The monoisotopic (exact) mass is 367 g/mol. The zero-order chi connectivity index (χ0) is 15.7. The molecule has 1 aromatic carbocycles. The number of nitrogens with zero attached hydrogens (tertiary/aromatic N) is 1. The number of hydrogen-bond donors (Lipinski definition) is 2. The van der Waals surface area contributed by atoms with Gasteiger partial charge in [0.25, 0.3) is 5.91 Å². The van der Waals surface area contributed by atoms with Gasteiger partial charge in [-0.1, -0.05) is 0 Å². The van der Waals surface area contributed by atoms with Crippen LogP contribution in [0.15, 0.2) is 22.8 Å². The number of primary amides is 1. The van der Waals surface area contributed by atoms with Gasteiger partial charge in [0.2, 0.25) is 0 Å². The second kappa shape index (κ2) is 6.18. The van der Waals surface area contributed by atoms with Gasteiger partial charge in [0.1, 0.15) is 5.82 Å². The van der Waals surface area contributed by atoms with Crippen molar-refractivity contribution in [2.24, 2.45) is 5.73 Å². The van der Waals surface area contributed by atoms with Crippen molar-refractivity contribution >= 4 is 38.4 Å². The van der Waals surface area contributed by atoms with Crippen LogP contribution in [0.2, 0.25) is 0 Å². The van der Waals surface area contributed by atoms with Crippen molar-refractivity contribution in [1.29, 1.82) is 0 Å². The maximum absolute atomic E-state index is 13.7. The number of carbonyl (C=O) groups is 1. The molecule has 0 radical (unpaired) electrons. The van der Waals surface area contributed by atoms with Gasteiger partial charge in [-0.25, -0.2) is 4.39 Å². The molecule has 1 fully saturated rings. The molecule has 7 heteroatoms. The average molecular weight is 368 g/mol. The first kappa shape index (κ1) is 15.2. The number of halogens is 2. The molecule has 2 heterocycles. The number of benzene rings is 1. The summed E-state index contributed by atoms with van der Waals surface area (Å²) in [7, 11) is 0. The third-order valence-corrected chi connectivity index (χ3v) is 4.29. The molecule has 1 amide bonds. The Morgan fingerprint density at radius 2 is 2.32 bits per heavy atom. The van der Waals surface area contributed by atoms with Gasteiger partial charge in [0, 0.05) is 30.3 Å². The normalized spacial score (nSPS) is 18.4. The number of fused-ring (bicyclic) bond motifs is 1. The molecule has 1 aliphatic rings. The smallest absolute Gasteiger partial charge is 0.252 e. The van der Waals surface area contributed by atoms with Crippen molar-refractivity contribution in [2.45, 2.75) is 18.9 Å². The van der Waals surface area contributed by atoms with Gasteiger partial charge >= 0.3 is 0 Å². The maximum Gasteiger partial charge on any atom is 0.252 e. The zero-order valence-electron chi connectivity index (χ0n) is 11.7. The third-order valence-electron chi connectivity index (χ3n) is 3.68. The molecule has 22 heavy (non-hydrogen) atoms. The molecule has 1 aromatic heterocycles. The quantitative estimate of drug-likeness (QED) is 0.874. The molecular weight excluding hydrogens is 353 g/mol. The highest BCUT2D eigenvalue weighted by molar-refractivity contribution is 9.10. The largest absolute Gasteiger partial charge is 0.379 e. The molecule has 1 atom stereocenters.